The van der Waals surface area contributed by atoms with Gasteiger partial charge in [0, 0.05) is 11.6 Å². The summed E-state index contributed by atoms with van der Waals surface area (Å²) in [5, 5.41) is 8.92. The van der Waals surface area contributed by atoms with E-state index in [1.165, 1.54) is 25.1 Å². The van der Waals surface area contributed by atoms with Crippen LogP contribution in [0.5, 0.6) is 0 Å². The molecule has 0 unspecified atom stereocenters. The predicted molar refractivity (Wildman–Crippen MR) is 59.4 cm³/mol. The number of benzene rings is 1. The Balaban J connectivity index is 2.77. The number of carbonyl (C=O) groups is 2. The molecule has 5 nitrogen and oxygen atoms in total. The van der Waals surface area contributed by atoms with Crippen molar-refractivity contribution < 1.29 is 19.1 Å². The number of hydrogen-bond acceptors (Lipinski definition) is 4. The first-order valence-electron chi connectivity index (χ1n) is 4.81. The molecular weight excluding hydrogens is 224 g/mol. The van der Waals surface area contributed by atoms with Crippen LogP contribution < -0.4 is 5.43 Å². The number of Topliss-reactive ketones (excluding diaryl/α,β-unsaturated/α-hetero) is 1. The molecule has 1 N–H and O–H groups in total. The molecule has 1 heterocycles. The first-order valence-corrected chi connectivity index (χ1v) is 4.81. The molecule has 5 heteroatoms. The van der Waals surface area contributed by atoms with Crippen LogP contribution >= 0.6 is 0 Å². The number of ketones is 1. The van der Waals surface area contributed by atoms with E-state index in [1.54, 1.807) is 0 Å². The quantitative estimate of drug-likeness (QED) is 0.796. The van der Waals surface area contributed by atoms with E-state index in [9.17, 15) is 14.4 Å². The first-order chi connectivity index (χ1) is 7.99. The molecule has 0 aliphatic heterocycles. The van der Waals surface area contributed by atoms with Gasteiger partial charge in [0.2, 0.25) is 5.76 Å². The Morgan fingerprint density at radius 2 is 1.94 bits per heavy atom. The zero-order chi connectivity index (χ0) is 12.6. The molecule has 0 bridgehead atoms. The van der Waals surface area contributed by atoms with Crippen molar-refractivity contribution in [1.82, 2.24) is 0 Å². The van der Waals surface area contributed by atoms with Crippen molar-refractivity contribution in [3.63, 3.8) is 0 Å². The summed E-state index contributed by atoms with van der Waals surface area (Å²) in [7, 11) is 0. The molecule has 0 amide bonds. The van der Waals surface area contributed by atoms with Gasteiger partial charge < -0.3 is 9.52 Å². The van der Waals surface area contributed by atoms with Crippen LogP contribution in [0.2, 0.25) is 0 Å². The van der Waals surface area contributed by atoms with Crippen molar-refractivity contribution in [2.45, 2.75) is 6.92 Å². The molecule has 17 heavy (non-hydrogen) atoms. The van der Waals surface area contributed by atoms with Gasteiger partial charge in [0.25, 0.3) is 0 Å². The Morgan fingerprint density at radius 1 is 1.24 bits per heavy atom. The maximum Gasteiger partial charge on any atom is 0.371 e. The van der Waals surface area contributed by atoms with Crippen molar-refractivity contribution in [3.8, 4) is 0 Å². The Morgan fingerprint density at radius 3 is 2.53 bits per heavy atom. The highest BCUT2D eigenvalue weighted by Gasteiger charge is 2.11. The first kappa shape index (κ1) is 11.1. The summed E-state index contributed by atoms with van der Waals surface area (Å²) in [6, 6.07) is 5.20. The van der Waals surface area contributed by atoms with Gasteiger partial charge in [-0.15, -0.1) is 0 Å². The summed E-state index contributed by atoms with van der Waals surface area (Å²) in [5.74, 6) is -1.90. The number of carbonyl (C=O) groups excluding carboxylic acids is 1. The molecule has 1 aromatic carbocycles. The summed E-state index contributed by atoms with van der Waals surface area (Å²) >= 11 is 0. The number of aromatic carboxylic acids is 1. The summed E-state index contributed by atoms with van der Waals surface area (Å²) in [5.41, 5.74) is 0.0551. The average molecular weight is 232 g/mol. The van der Waals surface area contributed by atoms with Gasteiger partial charge in [-0.3, -0.25) is 9.59 Å². The third-order valence-electron chi connectivity index (χ3n) is 2.34. The van der Waals surface area contributed by atoms with E-state index in [1.807, 2.05) is 0 Å². The Bertz CT molecular complexity index is 681. The average Bonchev–Trinajstić information content (AvgIpc) is 2.28. The Kier molecular flexibility index (Phi) is 2.51. The van der Waals surface area contributed by atoms with Gasteiger partial charge in [-0.1, -0.05) is 0 Å². The molecule has 0 aliphatic rings. The molecule has 0 radical (unpaired) electrons. The third kappa shape index (κ3) is 1.94. The van der Waals surface area contributed by atoms with E-state index in [0.29, 0.717) is 5.56 Å². The summed E-state index contributed by atoms with van der Waals surface area (Å²) in [6.45, 7) is 1.38. The summed E-state index contributed by atoms with van der Waals surface area (Å²) in [6.07, 6.45) is 0. The molecule has 0 fully saturated rings. The standard InChI is InChI=1S/C12H8O5/c1-6(13)7-2-3-10-8(4-7)9(14)5-11(17-10)12(15)16/h2-5H,1H3,(H,15,16). The van der Waals surface area contributed by atoms with Gasteiger partial charge in [0.1, 0.15) is 5.58 Å². The highest BCUT2D eigenvalue weighted by atomic mass is 16.4. The van der Waals surface area contributed by atoms with Crippen LogP contribution in [0.15, 0.2) is 33.5 Å². The molecule has 0 atom stereocenters. The minimum absolute atomic E-state index is 0.153. The molecule has 1 aromatic heterocycles. The Labute approximate surface area is 95.3 Å². The molecule has 0 aliphatic carbocycles. The molecule has 86 valence electrons. The van der Waals surface area contributed by atoms with Gasteiger partial charge >= 0.3 is 5.97 Å². The van der Waals surface area contributed by atoms with Gasteiger partial charge in [-0.2, -0.15) is 0 Å². The van der Waals surface area contributed by atoms with Crippen LogP contribution in [0, 0.1) is 0 Å². The molecule has 0 spiro atoms. The fraction of sp³-hybridized carbons (Fsp3) is 0.0833. The number of carboxylic acid groups (broad SMARTS) is 1. The number of rotatable bonds is 2. The summed E-state index contributed by atoms with van der Waals surface area (Å²) in [4.78, 5) is 33.5. The molecule has 2 aromatic rings. The predicted octanol–water partition coefficient (Wildman–Crippen LogP) is 1.69. The molecular formula is C12H8O5. The smallest absolute Gasteiger partial charge is 0.371 e. The van der Waals surface area contributed by atoms with E-state index in [0.717, 1.165) is 6.07 Å². The highest BCUT2D eigenvalue weighted by molar-refractivity contribution is 5.97. The number of fused-ring (bicyclic) bond motifs is 1. The highest BCUT2D eigenvalue weighted by Crippen LogP contribution is 2.15. The van der Waals surface area contributed by atoms with Gasteiger partial charge in [0.15, 0.2) is 11.2 Å². The van der Waals surface area contributed by atoms with Crippen LogP contribution in [-0.2, 0) is 0 Å². The van der Waals surface area contributed by atoms with Crippen molar-refractivity contribution in [3.05, 3.63) is 45.8 Å². The van der Waals surface area contributed by atoms with Gasteiger partial charge in [-0.05, 0) is 25.1 Å². The van der Waals surface area contributed by atoms with Crippen LogP contribution in [0.25, 0.3) is 11.0 Å². The lowest BCUT2D eigenvalue weighted by Gasteiger charge is -2.00. The number of hydrogen-bond donors (Lipinski definition) is 1. The van der Waals surface area contributed by atoms with E-state index in [4.69, 9.17) is 9.52 Å². The van der Waals surface area contributed by atoms with E-state index < -0.39 is 17.2 Å². The van der Waals surface area contributed by atoms with Crippen LogP contribution in [-0.4, -0.2) is 16.9 Å². The van der Waals surface area contributed by atoms with Crippen LogP contribution in [0.1, 0.15) is 27.8 Å². The topological polar surface area (TPSA) is 84.6 Å². The largest absolute Gasteiger partial charge is 0.475 e. The van der Waals surface area contributed by atoms with Crippen molar-refractivity contribution >= 4 is 22.7 Å². The van der Waals surface area contributed by atoms with Crippen molar-refractivity contribution in [1.29, 1.82) is 0 Å². The second kappa shape index (κ2) is 3.86. The van der Waals surface area contributed by atoms with Gasteiger partial charge in [-0.25, -0.2) is 4.79 Å². The zero-order valence-electron chi connectivity index (χ0n) is 8.89. The van der Waals surface area contributed by atoms with E-state index >= 15 is 0 Å². The minimum atomic E-state index is -1.31. The lowest BCUT2D eigenvalue weighted by molar-refractivity contribution is 0.0662. The SMILES string of the molecule is CC(=O)c1ccc2oc(C(=O)O)cc(=O)c2c1. The van der Waals surface area contributed by atoms with Crippen LogP contribution in [0.3, 0.4) is 0 Å². The summed E-state index contributed by atoms with van der Waals surface area (Å²) < 4.78 is 5.03. The lowest BCUT2D eigenvalue weighted by Crippen LogP contribution is -2.07. The van der Waals surface area contributed by atoms with Gasteiger partial charge in [0.05, 0.1) is 5.39 Å². The maximum atomic E-state index is 11.6. The monoisotopic (exact) mass is 232 g/mol. The second-order valence-corrected chi connectivity index (χ2v) is 3.55. The molecule has 2 rings (SSSR count). The number of carboxylic acids is 1. The maximum absolute atomic E-state index is 11.6. The van der Waals surface area contributed by atoms with E-state index in [2.05, 4.69) is 0 Å². The Hall–Kier alpha value is -2.43. The van der Waals surface area contributed by atoms with Crippen molar-refractivity contribution in [2.75, 3.05) is 0 Å². The van der Waals surface area contributed by atoms with E-state index in [-0.39, 0.29) is 16.8 Å². The molecule has 0 saturated heterocycles. The third-order valence-corrected chi connectivity index (χ3v) is 2.34. The van der Waals surface area contributed by atoms with Crippen LogP contribution in [0.4, 0.5) is 0 Å². The fourth-order valence-corrected chi connectivity index (χ4v) is 1.48. The second-order valence-electron chi connectivity index (χ2n) is 3.55. The lowest BCUT2D eigenvalue weighted by atomic mass is 10.1. The molecule has 0 saturated carbocycles. The normalized spacial score (nSPS) is 10.4. The van der Waals surface area contributed by atoms with Crippen molar-refractivity contribution in [2.24, 2.45) is 0 Å². The fourth-order valence-electron chi connectivity index (χ4n) is 1.48. The zero-order valence-corrected chi connectivity index (χ0v) is 8.89. The minimum Gasteiger partial charge on any atom is -0.475 e.